The van der Waals surface area contributed by atoms with Crippen molar-refractivity contribution in [1.29, 1.82) is 0 Å². The molecule has 1 N–H and O–H groups in total. The first-order chi connectivity index (χ1) is 8.71. The summed E-state index contributed by atoms with van der Waals surface area (Å²) >= 11 is 0. The molecular formula is C14H18F3NO. The molecule has 19 heavy (non-hydrogen) atoms. The quantitative estimate of drug-likeness (QED) is 0.915. The van der Waals surface area contributed by atoms with E-state index in [0.717, 1.165) is 17.7 Å². The average Bonchev–Trinajstić information content (AvgIpc) is 2.26. The average molecular weight is 273 g/mol. The summed E-state index contributed by atoms with van der Waals surface area (Å²) in [6, 6.07) is 5.19. The maximum absolute atomic E-state index is 12.4. The molecule has 1 aromatic rings. The van der Waals surface area contributed by atoms with Crippen LogP contribution in [0.1, 0.15) is 25.0 Å². The van der Waals surface area contributed by atoms with Crippen LogP contribution in [-0.2, 0) is 12.7 Å². The van der Waals surface area contributed by atoms with Gasteiger partial charge in [-0.15, -0.1) is 0 Å². The summed E-state index contributed by atoms with van der Waals surface area (Å²) in [7, 11) is 0. The number of aliphatic hydroxyl groups is 1. The molecule has 0 spiro atoms. The van der Waals surface area contributed by atoms with Crippen LogP contribution in [0.2, 0.25) is 0 Å². The summed E-state index contributed by atoms with van der Waals surface area (Å²) in [5, 5.41) is 10.1. The van der Waals surface area contributed by atoms with Gasteiger partial charge in [0.1, 0.15) is 0 Å². The highest BCUT2D eigenvalue weighted by Crippen LogP contribution is 2.31. The molecule has 1 aliphatic rings. The third kappa shape index (κ3) is 3.09. The highest BCUT2D eigenvalue weighted by atomic mass is 19.4. The minimum atomic E-state index is -4.28. The largest absolute Gasteiger partial charge is 0.416 e. The van der Waals surface area contributed by atoms with E-state index in [0.29, 0.717) is 19.6 Å². The van der Waals surface area contributed by atoms with Gasteiger partial charge in [0.05, 0.1) is 11.2 Å². The Kier molecular flexibility index (Phi) is 3.62. The predicted octanol–water partition coefficient (Wildman–Crippen LogP) is 2.91. The van der Waals surface area contributed by atoms with Crippen molar-refractivity contribution >= 4 is 0 Å². The van der Waals surface area contributed by atoms with Crippen LogP contribution < -0.4 is 0 Å². The zero-order valence-corrected chi connectivity index (χ0v) is 11.0. The molecule has 0 aromatic heterocycles. The van der Waals surface area contributed by atoms with Crippen LogP contribution in [0.4, 0.5) is 13.2 Å². The Balaban J connectivity index is 1.92. The Morgan fingerprint density at radius 2 is 1.74 bits per heavy atom. The number of rotatable bonds is 3. The van der Waals surface area contributed by atoms with Crippen molar-refractivity contribution in [3.8, 4) is 0 Å². The molecular weight excluding hydrogens is 255 g/mol. The van der Waals surface area contributed by atoms with Gasteiger partial charge in [0.2, 0.25) is 0 Å². The van der Waals surface area contributed by atoms with Crippen molar-refractivity contribution in [1.82, 2.24) is 4.90 Å². The molecule has 0 aliphatic carbocycles. The lowest BCUT2D eigenvalue weighted by Gasteiger charge is -2.49. The number of halogens is 3. The molecule has 1 fully saturated rings. The molecule has 0 unspecified atom stereocenters. The monoisotopic (exact) mass is 273 g/mol. The van der Waals surface area contributed by atoms with E-state index >= 15 is 0 Å². The second-order valence-corrected chi connectivity index (χ2v) is 5.60. The Hall–Kier alpha value is -1.07. The van der Waals surface area contributed by atoms with Crippen LogP contribution in [0.25, 0.3) is 0 Å². The van der Waals surface area contributed by atoms with Crippen molar-refractivity contribution in [3.05, 3.63) is 35.4 Å². The fourth-order valence-electron chi connectivity index (χ4n) is 2.26. The molecule has 0 bridgehead atoms. The normalized spacial score (nSPS) is 19.5. The van der Waals surface area contributed by atoms with E-state index in [1.54, 1.807) is 0 Å². The number of hydrogen-bond donors (Lipinski definition) is 1. The van der Waals surface area contributed by atoms with Gasteiger partial charge in [0.15, 0.2) is 0 Å². The molecule has 0 atom stereocenters. The number of benzene rings is 1. The fraction of sp³-hybridized carbons (Fsp3) is 0.571. The van der Waals surface area contributed by atoms with Gasteiger partial charge >= 0.3 is 6.18 Å². The van der Waals surface area contributed by atoms with Crippen LogP contribution in [-0.4, -0.2) is 28.7 Å². The van der Waals surface area contributed by atoms with E-state index < -0.39 is 17.3 Å². The van der Waals surface area contributed by atoms with Crippen molar-refractivity contribution in [2.45, 2.75) is 32.2 Å². The smallest absolute Gasteiger partial charge is 0.387 e. The summed E-state index contributed by atoms with van der Waals surface area (Å²) in [5.41, 5.74) is -0.441. The fourth-order valence-corrected chi connectivity index (χ4v) is 2.26. The Morgan fingerprint density at radius 3 is 2.16 bits per heavy atom. The molecule has 0 radical (unpaired) electrons. The second kappa shape index (κ2) is 4.80. The van der Waals surface area contributed by atoms with E-state index in [-0.39, 0.29) is 5.92 Å². The Morgan fingerprint density at radius 1 is 1.21 bits per heavy atom. The standard InChI is InChI=1S/C14H18F3NO/c1-10(2)13(19)8-18(9-13)7-11-3-5-12(6-4-11)14(15,16)17/h3-6,10,19H,7-9H2,1-2H3. The molecule has 1 aliphatic heterocycles. The topological polar surface area (TPSA) is 23.5 Å². The number of nitrogens with zero attached hydrogens (tertiary/aromatic N) is 1. The van der Waals surface area contributed by atoms with Gasteiger partial charge in [-0.05, 0) is 23.6 Å². The molecule has 0 amide bonds. The first-order valence-electron chi connectivity index (χ1n) is 6.31. The zero-order chi connectivity index (χ0) is 14.3. The van der Waals surface area contributed by atoms with Gasteiger partial charge in [0, 0.05) is 19.6 Å². The molecule has 5 heteroatoms. The third-order valence-corrected chi connectivity index (χ3v) is 3.76. The van der Waals surface area contributed by atoms with Gasteiger partial charge < -0.3 is 5.11 Å². The minimum Gasteiger partial charge on any atom is -0.387 e. The minimum absolute atomic E-state index is 0.191. The molecule has 2 rings (SSSR count). The lowest BCUT2D eigenvalue weighted by molar-refractivity contribution is -0.137. The van der Waals surface area contributed by atoms with Gasteiger partial charge in [0.25, 0.3) is 0 Å². The van der Waals surface area contributed by atoms with Gasteiger partial charge in [-0.25, -0.2) is 0 Å². The number of hydrogen-bond acceptors (Lipinski definition) is 2. The zero-order valence-electron chi connectivity index (χ0n) is 11.0. The van der Waals surface area contributed by atoms with Gasteiger partial charge in [-0.3, -0.25) is 4.90 Å². The number of likely N-dealkylation sites (tertiary alicyclic amines) is 1. The van der Waals surface area contributed by atoms with Crippen LogP contribution in [0.5, 0.6) is 0 Å². The van der Waals surface area contributed by atoms with E-state index in [4.69, 9.17) is 0 Å². The van der Waals surface area contributed by atoms with Crippen molar-refractivity contribution in [3.63, 3.8) is 0 Å². The van der Waals surface area contributed by atoms with Crippen LogP contribution >= 0.6 is 0 Å². The molecule has 1 heterocycles. The maximum Gasteiger partial charge on any atom is 0.416 e. The van der Waals surface area contributed by atoms with E-state index in [9.17, 15) is 18.3 Å². The lowest BCUT2D eigenvalue weighted by Crippen LogP contribution is -2.63. The van der Waals surface area contributed by atoms with Gasteiger partial charge in [-0.2, -0.15) is 13.2 Å². The molecule has 1 aromatic carbocycles. The molecule has 0 saturated carbocycles. The lowest BCUT2D eigenvalue weighted by atomic mass is 9.83. The first-order valence-corrected chi connectivity index (χ1v) is 6.31. The first kappa shape index (κ1) is 14.3. The summed E-state index contributed by atoms with van der Waals surface area (Å²) < 4.78 is 37.2. The van der Waals surface area contributed by atoms with Crippen LogP contribution in [0.3, 0.4) is 0 Å². The summed E-state index contributed by atoms with van der Waals surface area (Å²) in [6.45, 7) is 5.66. The van der Waals surface area contributed by atoms with Crippen LogP contribution in [0.15, 0.2) is 24.3 Å². The van der Waals surface area contributed by atoms with Gasteiger partial charge in [-0.1, -0.05) is 26.0 Å². The maximum atomic E-state index is 12.4. The predicted molar refractivity (Wildman–Crippen MR) is 66.5 cm³/mol. The highest BCUT2D eigenvalue weighted by molar-refractivity contribution is 5.25. The second-order valence-electron chi connectivity index (χ2n) is 5.60. The van der Waals surface area contributed by atoms with E-state index in [1.807, 2.05) is 18.7 Å². The van der Waals surface area contributed by atoms with E-state index in [2.05, 4.69) is 0 Å². The molecule has 2 nitrogen and oxygen atoms in total. The highest BCUT2D eigenvalue weighted by Gasteiger charge is 2.43. The Bertz CT molecular complexity index is 433. The molecule has 1 saturated heterocycles. The Labute approximate surface area is 110 Å². The summed E-state index contributed by atoms with van der Waals surface area (Å²) in [6.07, 6.45) is -4.28. The number of alkyl halides is 3. The van der Waals surface area contributed by atoms with Crippen LogP contribution in [0, 0.1) is 5.92 Å². The molecule has 106 valence electrons. The third-order valence-electron chi connectivity index (χ3n) is 3.76. The van der Waals surface area contributed by atoms with Crippen molar-refractivity contribution < 1.29 is 18.3 Å². The van der Waals surface area contributed by atoms with Crippen molar-refractivity contribution in [2.75, 3.05) is 13.1 Å². The summed E-state index contributed by atoms with van der Waals surface area (Å²) in [4.78, 5) is 2.03. The number of β-amino-alcohol motifs (C(OH)–C–C–N with tert-alkyl or cyclic N) is 1. The SMILES string of the molecule is CC(C)C1(O)CN(Cc2ccc(C(F)(F)F)cc2)C1. The summed E-state index contributed by atoms with van der Waals surface area (Å²) in [5.74, 6) is 0.191. The van der Waals surface area contributed by atoms with Crippen molar-refractivity contribution in [2.24, 2.45) is 5.92 Å². The van der Waals surface area contributed by atoms with E-state index in [1.165, 1.54) is 12.1 Å².